The zero-order valence-corrected chi connectivity index (χ0v) is 27.1. The van der Waals surface area contributed by atoms with Gasteiger partial charge in [0.05, 0.1) is 12.5 Å². The lowest BCUT2D eigenvalue weighted by Crippen LogP contribution is -2.66. The van der Waals surface area contributed by atoms with Crippen LogP contribution >= 0.6 is 0 Å². The van der Waals surface area contributed by atoms with Gasteiger partial charge in [0.2, 0.25) is 0 Å². The van der Waals surface area contributed by atoms with Crippen molar-refractivity contribution in [1.82, 2.24) is 0 Å². The van der Waals surface area contributed by atoms with E-state index in [0.717, 1.165) is 57.8 Å². The molecule has 0 unspecified atom stereocenters. The van der Waals surface area contributed by atoms with Gasteiger partial charge in [0, 0.05) is 19.3 Å². The van der Waals surface area contributed by atoms with Gasteiger partial charge < -0.3 is 14.2 Å². The molecule has 0 spiro atoms. The molecule has 6 nitrogen and oxygen atoms in total. The number of esters is 3. The second kappa shape index (κ2) is 10.1. The van der Waals surface area contributed by atoms with E-state index in [4.69, 9.17) is 14.2 Å². The summed E-state index contributed by atoms with van der Waals surface area (Å²) < 4.78 is 17.2. The molecule has 0 aromatic heterocycles. The third-order valence-corrected chi connectivity index (χ3v) is 14.2. The lowest BCUT2D eigenvalue weighted by Gasteiger charge is -2.71. The molecule has 4 fully saturated rings. The molecule has 0 aromatic rings. The molecule has 0 aromatic carbocycles. The van der Waals surface area contributed by atoms with Crippen LogP contribution in [0.25, 0.3) is 0 Å². The van der Waals surface area contributed by atoms with Gasteiger partial charge in [-0.1, -0.05) is 53.2 Å². The molecule has 230 valence electrons. The van der Waals surface area contributed by atoms with Crippen molar-refractivity contribution in [3.05, 3.63) is 11.6 Å². The Balaban J connectivity index is 1.57. The summed E-state index contributed by atoms with van der Waals surface area (Å²) in [5.41, 5.74) is 0.812. The van der Waals surface area contributed by atoms with Crippen LogP contribution in [0, 0.1) is 56.7 Å². The van der Waals surface area contributed by atoms with Gasteiger partial charge in [0.15, 0.2) is 0 Å². The van der Waals surface area contributed by atoms with Gasteiger partial charge in [0.1, 0.15) is 12.7 Å². The number of carbonyl (C=O) groups is 3. The number of fused-ring (bicyclic) bond motifs is 7. The molecular formula is C35H54O6. The summed E-state index contributed by atoms with van der Waals surface area (Å²) in [6, 6.07) is 0. The van der Waals surface area contributed by atoms with Gasteiger partial charge in [-0.25, -0.2) is 0 Å². The maximum atomic E-state index is 13.5. The molecule has 0 aliphatic heterocycles. The van der Waals surface area contributed by atoms with Crippen LogP contribution in [0.2, 0.25) is 0 Å². The van der Waals surface area contributed by atoms with Crippen LogP contribution < -0.4 is 0 Å². The second-order valence-corrected chi connectivity index (χ2v) is 15.7. The van der Waals surface area contributed by atoms with Gasteiger partial charge in [-0.3, -0.25) is 14.4 Å². The highest BCUT2D eigenvalue weighted by molar-refractivity contribution is 5.78. The number of hydrogen-bond acceptors (Lipinski definition) is 6. The van der Waals surface area contributed by atoms with Crippen LogP contribution in [0.4, 0.5) is 0 Å². The highest BCUT2D eigenvalue weighted by Crippen LogP contribution is 2.76. The first kappa shape index (κ1) is 30.6. The minimum absolute atomic E-state index is 0.00261. The minimum atomic E-state index is -0.434. The first-order valence-electron chi connectivity index (χ1n) is 16.2. The smallest absolute Gasteiger partial charge is 0.312 e. The molecule has 0 N–H and O–H groups in total. The number of allylic oxidation sites excluding steroid dienone is 2. The number of ether oxygens (including phenoxy) is 3. The highest BCUT2D eigenvalue weighted by atomic mass is 16.6. The maximum Gasteiger partial charge on any atom is 0.312 e. The number of hydrogen-bond donors (Lipinski definition) is 0. The van der Waals surface area contributed by atoms with E-state index in [-0.39, 0.29) is 58.7 Å². The predicted octanol–water partition coefficient (Wildman–Crippen LogP) is 7.29. The van der Waals surface area contributed by atoms with Gasteiger partial charge in [-0.2, -0.15) is 0 Å². The molecule has 11 atom stereocenters. The minimum Gasteiger partial charge on any atom is -0.469 e. The van der Waals surface area contributed by atoms with E-state index in [1.807, 2.05) is 0 Å². The van der Waals surface area contributed by atoms with E-state index in [0.29, 0.717) is 17.8 Å². The molecule has 5 aliphatic rings. The maximum absolute atomic E-state index is 13.5. The van der Waals surface area contributed by atoms with E-state index in [1.54, 1.807) is 7.11 Å². The lowest BCUT2D eigenvalue weighted by atomic mass is 9.33. The standard InChI is InChI=1S/C35H54O6/c1-21-12-17-35(30(38)39-9)19-18-33(7)25(29(35)22(21)2)10-11-27-31(5)15-14-28(41-24(4)37)32(6,20-40-23(3)36)26(31)13-16-34(27,33)8/h10,21-22,26-29H,11-20H2,1-9H3/t21-,22+,26-,27-,28+,29+,31+,32-,33-,34-,35+/m1/s1. The molecule has 5 rings (SSSR count). The van der Waals surface area contributed by atoms with Crippen LogP contribution in [-0.2, 0) is 28.6 Å². The first-order chi connectivity index (χ1) is 19.1. The van der Waals surface area contributed by atoms with Crippen molar-refractivity contribution in [2.45, 2.75) is 119 Å². The van der Waals surface area contributed by atoms with Crippen molar-refractivity contribution in [2.24, 2.45) is 56.7 Å². The number of carbonyl (C=O) groups excluding carboxylic acids is 3. The topological polar surface area (TPSA) is 78.9 Å². The summed E-state index contributed by atoms with van der Waals surface area (Å²) in [6.45, 7) is 17.7. The number of methoxy groups -OCH3 is 1. The molecular weight excluding hydrogens is 516 g/mol. The second-order valence-electron chi connectivity index (χ2n) is 15.7. The van der Waals surface area contributed by atoms with E-state index in [9.17, 15) is 14.4 Å². The Morgan fingerprint density at radius 2 is 1.59 bits per heavy atom. The Morgan fingerprint density at radius 3 is 2.22 bits per heavy atom. The normalized spacial score (nSPS) is 48.8. The van der Waals surface area contributed by atoms with E-state index in [2.05, 4.69) is 47.6 Å². The van der Waals surface area contributed by atoms with Crippen LogP contribution in [0.1, 0.15) is 113 Å². The third-order valence-electron chi connectivity index (χ3n) is 14.2. The molecule has 41 heavy (non-hydrogen) atoms. The molecule has 0 heterocycles. The largest absolute Gasteiger partial charge is 0.469 e. The summed E-state index contributed by atoms with van der Waals surface area (Å²) in [5, 5.41) is 0. The van der Waals surface area contributed by atoms with Crippen LogP contribution in [0.3, 0.4) is 0 Å². The summed E-state index contributed by atoms with van der Waals surface area (Å²) in [7, 11) is 1.57. The number of rotatable bonds is 4. The molecule has 0 amide bonds. The van der Waals surface area contributed by atoms with Gasteiger partial charge in [0.25, 0.3) is 0 Å². The fourth-order valence-corrected chi connectivity index (χ4v) is 11.7. The van der Waals surface area contributed by atoms with Gasteiger partial charge >= 0.3 is 17.9 Å². The van der Waals surface area contributed by atoms with E-state index < -0.39 is 10.8 Å². The highest BCUT2D eigenvalue weighted by Gasteiger charge is 2.70. The van der Waals surface area contributed by atoms with Crippen molar-refractivity contribution in [3.8, 4) is 0 Å². The molecule has 6 heteroatoms. The zero-order chi connectivity index (χ0) is 30.2. The molecule has 0 radical (unpaired) electrons. The molecule has 5 aliphatic carbocycles. The Bertz CT molecular complexity index is 1130. The average Bonchev–Trinajstić information content (AvgIpc) is 2.91. The lowest BCUT2D eigenvalue weighted by molar-refractivity contribution is -0.227. The van der Waals surface area contributed by atoms with Crippen molar-refractivity contribution in [1.29, 1.82) is 0 Å². The Morgan fingerprint density at radius 1 is 0.878 bits per heavy atom. The SMILES string of the molecule is COC(=O)[C@]12CC[C@@H](C)[C@H](C)[C@H]1C1=CC[C@@H]3[C@@]4(C)CC[C@H](OC(C)=O)[C@](C)(COC(C)=O)[C@@H]4CC[C@@]3(C)[C@]1(C)CC2. The van der Waals surface area contributed by atoms with Crippen molar-refractivity contribution in [3.63, 3.8) is 0 Å². The quantitative estimate of drug-likeness (QED) is 0.201. The first-order valence-corrected chi connectivity index (χ1v) is 16.2. The Hall–Kier alpha value is -1.85. The van der Waals surface area contributed by atoms with E-state index >= 15 is 0 Å². The Labute approximate surface area is 247 Å². The average molecular weight is 571 g/mol. The van der Waals surface area contributed by atoms with Crippen LogP contribution in [0.15, 0.2) is 11.6 Å². The third kappa shape index (κ3) is 4.18. The summed E-state index contributed by atoms with van der Waals surface area (Å²) in [6.07, 6.45) is 11.1. The fraction of sp³-hybridized carbons (Fsp3) is 0.857. The zero-order valence-electron chi connectivity index (χ0n) is 27.1. The summed E-state index contributed by atoms with van der Waals surface area (Å²) in [4.78, 5) is 37.6. The van der Waals surface area contributed by atoms with Gasteiger partial charge in [-0.15, -0.1) is 0 Å². The van der Waals surface area contributed by atoms with Gasteiger partial charge in [-0.05, 0) is 104 Å². The van der Waals surface area contributed by atoms with Crippen molar-refractivity contribution < 1.29 is 28.6 Å². The predicted molar refractivity (Wildman–Crippen MR) is 157 cm³/mol. The fourth-order valence-electron chi connectivity index (χ4n) is 11.7. The molecule has 4 saturated carbocycles. The van der Waals surface area contributed by atoms with Crippen molar-refractivity contribution >= 4 is 17.9 Å². The summed E-state index contributed by atoms with van der Waals surface area (Å²) >= 11 is 0. The van der Waals surface area contributed by atoms with Crippen molar-refractivity contribution in [2.75, 3.05) is 13.7 Å². The molecule has 0 saturated heterocycles. The van der Waals surface area contributed by atoms with Crippen LogP contribution in [0.5, 0.6) is 0 Å². The monoisotopic (exact) mass is 570 g/mol. The van der Waals surface area contributed by atoms with Crippen LogP contribution in [-0.4, -0.2) is 37.7 Å². The summed E-state index contributed by atoms with van der Waals surface area (Å²) in [5.74, 6) is 1.43. The van der Waals surface area contributed by atoms with E-state index in [1.165, 1.54) is 19.4 Å². The molecule has 0 bridgehead atoms. The Kier molecular flexibility index (Phi) is 7.55.